The van der Waals surface area contributed by atoms with Gasteiger partial charge in [0.15, 0.2) is 5.16 Å². The number of carbonyl (C=O) groups is 2. The van der Waals surface area contributed by atoms with Gasteiger partial charge >= 0.3 is 0 Å². The SMILES string of the molecule is CCN(CC)C(=O)c1ccc(NC(=O)CSc2nnc(N3CCC(C)CC3)n2C2CC2)cc1. The number of thioether (sulfide) groups is 1. The summed E-state index contributed by atoms with van der Waals surface area (Å²) in [6.07, 6.45) is 4.66. The average molecular weight is 471 g/mol. The minimum absolute atomic E-state index is 0.00631. The molecule has 9 heteroatoms. The van der Waals surface area contributed by atoms with Crippen molar-refractivity contribution in [1.82, 2.24) is 19.7 Å². The van der Waals surface area contributed by atoms with Gasteiger partial charge in [-0.2, -0.15) is 0 Å². The van der Waals surface area contributed by atoms with Crippen LogP contribution < -0.4 is 10.2 Å². The number of carbonyl (C=O) groups excluding carboxylic acids is 2. The van der Waals surface area contributed by atoms with E-state index in [1.807, 2.05) is 13.8 Å². The number of rotatable bonds is 9. The molecule has 0 unspecified atom stereocenters. The summed E-state index contributed by atoms with van der Waals surface area (Å²) in [7, 11) is 0. The Labute approximate surface area is 200 Å². The summed E-state index contributed by atoms with van der Waals surface area (Å²) in [5.41, 5.74) is 1.31. The van der Waals surface area contributed by atoms with Crippen molar-refractivity contribution >= 4 is 35.2 Å². The molecule has 178 valence electrons. The molecule has 1 saturated heterocycles. The van der Waals surface area contributed by atoms with Crippen LogP contribution in [-0.4, -0.2) is 63.4 Å². The predicted molar refractivity (Wildman–Crippen MR) is 132 cm³/mol. The van der Waals surface area contributed by atoms with Gasteiger partial charge in [-0.05, 0) is 69.7 Å². The van der Waals surface area contributed by atoms with Crippen LogP contribution in [0.1, 0.15) is 62.9 Å². The third-order valence-corrected chi connectivity index (χ3v) is 7.37. The lowest BCUT2D eigenvalue weighted by Gasteiger charge is -2.31. The molecule has 0 atom stereocenters. The van der Waals surface area contributed by atoms with Crippen molar-refractivity contribution in [3.63, 3.8) is 0 Å². The maximum atomic E-state index is 12.6. The maximum absolute atomic E-state index is 12.6. The Balaban J connectivity index is 1.34. The van der Waals surface area contributed by atoms with Crippen LogP contribution in [0.4, 0.5) is 11.6 Å². The topological polar surface area (TPSA) is 83.4 Å². The molecule has 33 heavy (non-hydrogen) atoms. The van der Waals surface area contributed by atoms with Crippen molar-refractivity contribution in [2.75, 3.05) is 42.1 Å². The molecule has 0 spiro atoms. The number of benzene rings is 1. The zero-order valence-electron chi connectivity index (χ0n) is 19.8. The van der Waals surface area contributed by atoms with Crippen molar-refractivity contribution in [2.45, 2.75) is 57.7 Å². The van der Waals surface area contributed by atoms with E-state index in [0.717, 1.165) is 43.0 Å². The van der Waals surface area contributed by atoms with Crippen LogP contribution in [0, 0.1) is 5.92 Å². The number of hydrogen-bond donors (Lipinski definition) is 1. The predicted octanol–water partition coefficient (Wildman–Crippen LogP) is 4.06. The highest BCUT2D eigenvalue weighted by atomic mass is 32.2. The molecular weight excluding hydrogens is 436 g/mol. The molecule has 1 aliphatic heterocycles. The molecule has 1 aromatic carbocycles. The number of hydrogen-bond acceptors (Lipinski definition) is 6. The third kappa shape index (κ3) is 5.69. The summed E-state index contributed by atoms with van der Waals surface area (Å²) in [5.74, 6) is 1.90. The molecule has 1 N–H and O–H groups in total. The monoisotopic (exact) mass is 470 g/mol. The average Bonchev–Trinajstić information content (AvgIpc) is 3.58. The molecule has 0 bridgehead atoms. The summed E-state index contributed by atoms with van der Waals surface area (Å²) in [6, 6.07) is 7.54. The molecule has 1 aromatic heterocycles. The highest BCUT2D eigenvalue weighted by molar-refractivity contribution is 7.99. The highest BCUT2D eigenvalue weighted by Gasteiger charge is 2.32. The van der Waals surface area contributed by atoms with E-state index in [2.05, 4.69) is 31.9 Å². The van der Waals surface area contributed by atoms with Crippen LogP contribution >= 0.6 is 11.8 Å². The lowest BCUT2D eigenvalue weighted by molar-refractivity contribution is -0.113. The fourth-order valence-corrected chi connectivity index (χ4v) is 4.96. The van der Waals surface area contributed by atoms with Gasteiger partial charge in [0.2, 0.25) is 11.9 Å². The fraction of sp³-hybridized carbons (Fsp3) is 0.583. The first-order chi connectivity index (χ1) is 16.0. The molecule has 0 radical (unpaired) electrons. The molecule has 2 amide bonds. The second-order valence-electron chi connectivity index (χ2n) is 8.94. The summed E-state index contributed by atoms with van der Waals surface area (Å²) in [4.78, 5) is 29.1. The second kappa shape index (κ2) is 10.6. The summed E-state index contributed by atoms with van der Waals surface area (Å²) >= 11 is 1.44. The van der Waals surface area contributed by atoms with Gasteiger partial charge in [-0.3, -0.25) is 14.2 Å². The third-order valence-electron chi connectivity index (χ3n) is 6.42. The zero-order chi connectivity index (χ0) is 23.4. The fourth-order valence-electron chi connectivity index (χ4n) is 4.16. The lowest BCUT2D eigenvalue weighted by Crippen LogP contribution is -2.34. The van der Waals surface area contributed by atoms with Crippen molar-refractivity contribution in [1.29, 1.82) is 0 Å². The Bertz CT molecular complexity index is 960. The van der Waals surface area contributed by atoms with Gasteiger partial charge < -0.3 is 15.1 Å². The van der Waals surface area contributed by atoms with Gasteiger partial charge in [-0.15, -0.1) is 10.2 Å². The molecular formula is C24H34N6O2S. The summed E-state index contributed by atoms with van der Waals surface area (Å²) in [5, 5.41) is 12.7. The van der Waals surface area contributed by atoms with Crippen molar-refractivity contribution in [2.24, 2.45) is 5.92 Å². The van der Waals surface area contributed by atoms with Crippen LogP contribution in [0.3, 0.4) is 0 Å². The van der Waals surface area contributed by atoms with E-state index in [1.54, 1.807) is 29.2 Å². The molecule has 2 aliphatic rings. The van der Waals surface area contributed by atoms with E-state index >= 15 is 0 Å². The molecule has 2 aromatic rings. The van der Waals surface area contributed by atoms with Crippen LogP contribution in [0.15, 0.2) is 29.4 Å². The minimum atomic E-state index is -0.0958. The van der Waals surface area contributed by atoms with Gasteiger partial charge in [-0.1, -0.05) is 18.7 Å². The number of amides is 2. The Morgan fingerprint density at radius 2 is 1.73 bits per heavy atom. The van der Waals surface area contributed by atoms with Crippen molar-refractivity contribution < 1.29 is 9.59 Å². The van der Waals surface area contributed by atoms with Crippen LogP contribution in [0.5, 0.6) is 0 Å². The number of nitrogens with zero attached hydrogens (tertiary/aromatic N) is 5. The lowest BCUT2D eigenvalue weighted by atomic mass is 10.00. The smallest absolute Gasteiger partial charge is 0.253 e. The van der Waals surface area contributed by atoms with E-state index < -0.39 is 0 Å². The van der Waals surface area contributed by atoms with E-state index in [-0.39, 0.29) is 17.6 Å². The van der Waals surface area contributed by atoms with E-state index in [9.17, 15) is 9.59 Å². The van der Waals surface area contributed by atoms with Crippen molar-refractivity contribution in [3.8, 4) is 0 Å². The summed E-state index contributed by atoms with van der Waals surface area (Å²) in [6.45, 7) is 9.62. The number of nitrogens with one attached hydrogen (secondary N) is 1. The van der Waals surface area contributed by atoms with Crippen LogP contribution in [0.2, 0.25) is 0 Å². The van der Waals surface area contributed by atoms with Gasteiger partial charge in [-0.25, -0.2) is 0 Å². The van der Waals surface area contributed by atoms with Crippen molar-refractivity contribution in [3.05, 3.63) is 29.8 Å². The van der Waals surface area contributed by atoms with Gasteiger partial charge in [0.25, 0.3) is 5.91 Å². The molecule has 1 aliphatic carbocycles. The number of anilines is 2. The highest BCUT2D eigenvalue weighted by Crippen LogP contribution is 2.41. The molecule has 2 fully saturated rings. The molecule has 2 heterocycles. The largest absolute Gasteiger partial charge is 0.341 e. The first-order valence-corrected chi connectivity index (χ1v) is 13.0. The van der Waals surface area contributed by atoms with Crippen LogP contribution in [0.25, 0.3) is 0 Å². The first kappa shape index (κ1) is 23.6. The minimum Gasteiger partial charge on any atom is -0.341 e. The maximum Gasteiger partial charge on any atom is 0.253 e. The normalized spacial score (nSPS) is 16.6. The Morgan fingerprint density at radius 1 is 1.06 bits per heavy atom. The van der Waals surface area contributed by atoms with Crippen LogP contribution in [-0.2, 0) is 4.79 Å². The zero-order valence-corrected chi connectivity index (χ0v) is 20.6. The van der Waals surface area contributed by atoms with E-state index in [4.69, 9.17) is 0 Å². The van der Waals surface area contributed by atoms with Gasteiger partial charge in [0.1, 0.15) is 0 Å². The number of aromatic nitrogens is 3. The summed E-state index contributed by atoms with van der Waals surface area (Å²) < 4.78 is 2.24. The van der Waals surface area contributed by atoms with E-state index in [1.165, 1.54) is 24.6 Å². The van der Waals surface area contributed by atoms with E-state index in [0.29, 0.717) is 30.4 Å². The second-order valence-corrected chi connectivity index (χ2v) is 9.89. The van der Waals surface area contributed by atoms with Gasteiger partial charge in [0.05, 0.1) is 5.75 Å². The Hall–Kier alpha value is -2.55. The Kier molecular flexibility index (Phi) is 7.57. The first-order valence-electron chi connectivity index (χ1n) is 12.0. The quantitative estimate of drug-likeness (QED) is 0.557. The number of piperidine rings is 1. The molecule has 4 rings (SSSR count). The standard InChI is InChI=1S/C24H34N6O2S/c1-4-28(5-2)22(32)18-6-8-19(9-7-18)25-21(31)16-33-24-27-26-23(30(24)20-10-11-20)29-14-12-17(3)13-15-29/h6-9,17,20H,4-5,10-16H2,1-3H3,(H,25,31). The molecule has 8 nitrogen and oxygen atoms in total. The molecule has 1 saturated carbocycles. The van der Waals surface area contributed by atoms with Gasteiger partial charge in [0, 0.05) is 43.5 Å². The Morgan fingerprint density at radius 3 is 2.33 bits per heavy atom.